The molecule has 0 aliphatic rings. The minimum atomic E-state index is -0.605. The van der Waals surface area contributed by atoms with Crippen LogP contribution in [0.3, 0.4) is 0 Å². The Morgan fingerprint density at radius 3 is 2.60 bits per heavy atom. The van der Waals surface area contributed by atoms with Crippen LogP contribution in [0.4, 0.5) is 5.69 Å². The number of hydrogen-bond donors (Lipinski definition) is 0. The van der Waals surface area contributed by atoms with E-state index in [1.165, 1.54) is 26.2 Å². The van der Waals surface area contributed by atoms with E-state index in [4.69, 9.17) is 9.47 Å². The van der Waals surface area contributed by atoms with Gasteiger partial charge in [-0.25, -0.2) is 0 Å². The normalized spacial score (nSPS) is 9.47. The van der Waals surface area contributed by atoms with Gasteiger partial charge in [-0.05, 0) is 12.1 Å². The predicted octanol–water partition coefficient (Wildman–Crippen LogP) is 1.53. The number of ether oxygens (including phenoxy) is 2. The third-order valence-corrected chi connectivity index (χ3v) is 1.61. The molecule has 0 spiro atoms. The van der Waals surface area contributed by atoms with Gasteiger partial charge in [-0.1, -0.05) is 0 Å². The minimum absolute atomic E-state index is 0.120. The molecule has 1 rings (SSSR count). The Morgan fingerprint density at radius 1 is 1.47 bits per heavy atom. The van der Waals surface area contributed by atoms with Crippen LogP contribution in [0.5, 0.6) is 11.5 Å². The summed E-state index contributed by atoms with van der Waals surface area (Å²) < 4.78 is 9.49. The molecule has 0 bridgehead atoms. The van der Waals surface area contributed by atoms with Crippen LogP contribution in [0.1, 0.15) is 6.92 Å². The van der Waals surface area contributed by atoms with E-state index < -0.39 is 10.9 Å². The molecule has 0 amide bonds. The highest BCUT2D eigenvalue weighted by Gasteiger charge is 2.16. The van der Waals surface area contributed by atoms with Crippen LogP contribution in [-0.4, -0.2) is 18.0 Å². The lowest BCUT2D eigenvalue weighted by molar-refractivity contribution is -0.385. The second-order valence-electron chi connectivity index (χ2n) is 2.68. The first-order chi connectivity index (χ1) is 7.04. The van der Waals surface area contributed by atoms with Crippen LogP contribution in [0.15, 0.2) is 18.2 Å². The number of benzene rings is 1. The third-order valence-electron chi connectivity index (χ3n) is 1.61. The molecular weight excluding hydrogens is 202 g/mol. The Hall–Kier alpha value is -2.11. The van der Waals surface area contributed by atoms with Crippen LogP contribution >= 0.6 is 0 Å². The molecule has 0 saturated carbocycles. The van der Waals surface area contributed by atoms with Crippen molar-refractivity contribution in [1.29, 1.82) is 0 Å². The standard InChI is InChI=1S/C9H9NO5/c1-6(11)15-7-3-4-9(14-2)8(5-7)10(12)13/h3-5H,1-2H3. The number of nitro groups is 1. The molecule has 6 nitrogen and oxygen atoms in total. The number of hydrogen-bond acceptors (Lipinski definition) is 5. The zero-order valence-corrected chi connectivity index (χ0v) is 8.22. The molecule has 0 aliphatic heterocycles. The average Bonchev–Trinajstić information content (AvgIpc) is 2.16. The maximum atomic E-state index is 10.6. The number of rotatable bonds is 3. The predicted molar refractivity (Wildman–Crippen MR) is 51.0 cm³/mol. The summed E-state index contributed by atoms with van der Waals surface area (Å²) in [6.07, 6.45) is 0. The first-order valence-corrected chi connectivity index (χ1v) is 4.05. The maximum Gasteiger partial charge on any atom is 0.314 e. The van der Waals surface area contributed by atoms with E-state index in [2.05, 4.69) is 0 Å². The van der Waals surface area contributed by atoms with Gasteiger partial charge in [0.2, 0.25) is 0 Å². The van der Waals surface area contributed by atoms with Gasteiger partial charge >= 0.3 is 11.7 Å². The summed E-state index contributed by atoms with van der Waals surface area (Å²) in [5.41, 5.74) is -0.240. The Morgan fingerprint density at radius 2 is 2.13 bits per heavy atom. The van der Waals surface area contributed by atoms with Gasteiger partial charge in [0.25, 0.3) is 0 Å². The lowest BCUT2D eigenvalue weighted by atomic mass is 10.3. The summed E-state index contributed by atoms with van der Waals surface area (Å²) in [5.74, 6) is -0.291. The van der Waals surface area contributed by atoms with Crippen molar-refractivity contribution in [2.24, 2.45) is 0 Å². The van der Waals surface area contributed by atoms with Crippen LogP contribution in [0.2, 0.25) is 0 Å². The van der Waals surface area contributed by atoms with E-state index in [0.717, 1.165) is 6.07 Å². The molecule has 0 fully saturated rings. The fraction of sp³-hybridized carbons (Fsp3) is 0.222. The van der Waals surface area contributed by atoms with E-state index in [1.807, 2.05) is 0 Å². The van der Waals surface area contributed by atoms with Gasteiger partial charge in [-0.2, -0.15) is 0 Å². The molecule has 0 unspecified atom stereocenters. The van der Waals surface area contributed by atoms with E-state index in [0.29, 0.717) is 0 Å². The van der Waals surface area contributed by atoms with Gasteiger partial charge in [-0.15, -0.1) is 0 Å². The Labute approximate surface area is 85.6 Å². The molecule has 0 N–H and O–H groups in total. The Kier molecular flexibility index (Phi) is 3.22. The summed E-state index contributed by atoms with van der Waals surface area (Å²) in [5, 5.41) is 10.6. The van der Waals surface area contributed by atoms with Crippen molar-refractivity contribution in [3.63, 3.8) is 0 Å². The van der Waals surface area contributed by atoms with Crippen molar-refractivity contribution in [1.82, 2.24) is 0 Å². The quantitative estimate of drug-likeness (QED) is 0.328. The maximum absolute atomic E-state index is 10.6. The molecule has 1 aromatic carbocycles. The molecule has 0 aliphatic carbocycles. The Bertz CT molecular complexity index is 401. The first-order valence-electron chi connectivity index (χ1n) is 4.05. The highest BCUT2D eigenvalue weighted by Crippen LogP contribution is 2.30. The van der Waals surface area contributed by atoms with Crippen molar-refractivity contribution < 1.29 is 19.2 Å². The number of methoxy groups -OCH3 is 1. The molecule has 80 valence electrons. The van der Waals surface area contributed by atoms with Crippen molar-refractivity contribution in [3.05, 3.63) is 28.3 Å². The first kappa shape index (κ1) is 11.0. The number of carbonyl (C=O) groups excluding carboxylic acids is 1. The molecule has 0 atom stereocenters. The third kappa shape index (κ3) is 2.67. The molecular formula is C9H9NO5. The zero-order valence-electron chi connectivity index (χ0n) is 8.22. The van der Waals surface area contributed by atoms with Gasteiger partial charge < -0.3 is 9.47 Å². The van der Waals surface area contributed by atoms with E-state index in [-0.39, 0.29) is 17.2 Å². The molecule has 15 heavy (non-hydrogen) atoms. The Balaban J connectivity index is 3.10. The molecule has 1 aromatic rings. The van der Waals surface area contributed by atoms with Crippen molar-refractivity contribution in [2.75, 3.05) is 7.11 Å². The van der Waals surface area contributed by atoms with Crippen LogP contribution in [0.25, 0.3) is 0 Å². The van der Waals surface area contributed by atoms with E-state index in [1.54, 1.807) is 0 Å². The number of nitro benzene ring substituents is 1. The highest BCUT2D eigenvalue weighted by molar-refractivity contribution is 5.70. The molecule has 0 heterocycles. The summed E-state index contributed by atoms with van der Waals surface area (Å²) in [7, 11) is 1.33. The summed E-state index contributed by atoms with van der Waals surface area (Å²) in [6, 6.07) is 3.93. The van der Waals surface area contributed by atoms with Gasteiger partial charge in [-0.3, -0.25) is 14.9 Å². The van der Waals surface area contributed by atoms with Crippen LogP contribution < -0.4 is 9.47 Å². The molecule has 0 radical (unpaired) electrons. The second kappa shape index (κ2) is 4.41. The fourth-order valence-corrected chi connectivity index (χ4v) is 1.04. The van der Waals surface area contributed by atoms with Crippen LogP contribution in [0, 0.1) is 10.1 Å². The smallest absolute Gasteiger partial charge is 0.314 e. The van der Waals surface area contributed by atoms with Gasteiger partial charge in [0.15, 0.2) is 5.75 Å². The second-order valence-corrected chi connectivity index (χ2v) is 2.68. The highest BCUT2D eigenvalue weighted by atomic mass is 16.6. The monoisotopic (exact) mass is 211 g/mol. The zero-order chi connectivity index (χ0) is 11.4. The van der Waals surface area contributed by atoms with Gasteiger partial charge in [0, 0.05) is 6.92 Å². The summed E-state index contributed by atoms with van der Waals surface area (Å²) in [4.78, 5) is 20.6. The van der Waals surface area contributed by atoms with E-state index in [9.17, 15) is 14.9 Å². The number of carbonyl (C=O) groups is 1. The lowest BCUT2D eigenvalue weighted by Crippen LogP contribution is -2.02. The largest absolute Gasteiger partial charge is 0.490 e. The van der Waals surface area contributed by atoms with Gasteiger partial charge in [0.05, 0.1) is 18.1 Å². The van der Waals surface area contributed by atoms with Crippen molar-refractivity contribution >= 4 is 11.7 Å². The average molecular weight is 211 g/mol. The number of nitrogens with zero attached hydrogens (tertiary/aromatic N) is 1. The number of esters is 1. The van der Waals surface area contributed by atoms with Gasteiger partial charge in [0.1, 0.15) is 5.75 Å². The van der Waals surface area contributed by atoms with Crippen molar-refractivity contribution in [3.8, 4) is 11.5 Å². The van der Waals surface area contributed by atoms with E-state index >= 15 is 0 Å². The molecule has 6 heteroatoms. The van der Waals surface area contributed by atoms with Crippen LogP contribution in [-0.2, 0) is 4.79 Å². The summed E-state index contributed by atoms with van der Waals surface area (Å²) >= 11 is 0. The fourth-order valence-electron chi connectivity index (χ4n) is 1.04. The topological polar surface area (TPSA) is 78.7 Å². The molecule has 0 saturated heterocycles. The lowest BCUT2D eigenvalue weighted by Gasteiger charge is -2.04. The SMILES string of the molecule is COc1ccc(OC(C)=O)cc1[N+](=O)[O-]. The molecule has 0 aromatic heterocycles. The minimum Gasteiger partial charge on any atom is -0.490 e. The summed E-state index contributed by atoms with van der Waals surface area (Å²) in [6.45, 7) is 1.22. The van der Waals surface area contributed by atoms with Crippen molar-refractivity contribution in [2.45, 2.75) is 6.92 Å².